The fourth-order valence-corrected chi connectivity index (χ4v) is 4.12. The molecule has 3 aromatic rings. The van der Waals surface area contributed by atoms with E-state index in [0.717, 1.165) is 0 Å². The Morgan fingerprint density at radius 2 is 1.56 bits per heavy atom. The molecule has 164 valence electrons. The van der Waals surface area contributed by atoms with E-state index < -0.39 is 17.9 Å². The molecule has 0 aliphatic carbocycles. The number of carbonyl (C=O) groups is 2. The van der Waals surface area contributed by atoms with Crippen molar-refractivity contribution in [1.29, 1.82) is 0 Å². The molecule has 4 rings (SSSR count). The highest BCUT2D eigenvalue weighted by Gasteiger charge is 2.43. The average molecular weight is 433 g/mol. The largest absolute Gasteiger partial charge is 0.493 e. The van der Waals surface area contributed by atoms with Crippen LogP contribution in [-0.4, -0.2) is 43.2 Å². The van der Waals surface area contributed by atoms with E-state index in [9.17, 15) is 14.7 Å². The van der Waals surface area contributed by atoms with Crippen molar-refractivity contribution in [3.63, 3.8) is 0 Å². The van der Waals surface area contributed by atoms with E-state index in [1.54, 1.807) is 37.4 Å². The van der Waals surface area contributed by atoms with Crippen molar-refractivity contribution in [3.8, 4) is 23.0 Å². The lowest BCUT2D eigenvalue weighted by Crippen LogP contribution is -2.42. The van der Waals surface area contributed by atoms with Gasteiger partial charge in [0, 0.05) is 12.6 Å². The zero-order valence-corrected chi connectivity index (χ0v) is 17.9. The number of carbonyl (C=O) groups excluding carboxylic acids is 1. The molecule has 0 spiro atoms. The number of ether oxygens (including phenoxy) is 3. The summed E-state index contributed by atoms with van der Waals surface area (Å²) in [5.74, 6) is -0.385. The summed E-state index contributed by atoms with van der Waals surface area (Å²) in [4.78, 5) is 27.1. The number of fused-ring (bicyclic) bond motifs is 1. The van der Waals surface area contributed by atoms with Gasteiger partial charge < -0.3 is 24.2 Å². The van der Waals surface area contributed by atoms with Crippen LogP contribution in [0.25, 0.3) is 0 Å². The lowest BCUT2D eigenvalue weighted by atomic mass is 9.79. The number of hydrogen-bond donors (Lipinski definition) is 1. The molecule has 0 fully saturated rings. The molecule has 0 saturated carbocycles. The number of hydrogen-bond acceptors (Lipinski definition) is 5. The molecule has 1 aliphatic heterocycles. The first-order chi connectivity index (χ1) is 15.4. The SMILES string of the molecule is COc1cc2c(cc1OC)[C@H](C(=O)O)[C@@H](c1cccc(Oc3ccccc3)c1)N(C)C2=O. The first-order valence-corrected chi connectivity index (χ1v) is 10.0. The third-order valence-corrected chi connectivity index (χ3v) is 5.62. The molecule has 2 atom stereocenters. The summed E-state index contributed by atoms with van der Waals surface area (Å²) in [6.45, 7) is 0. The second-order valence-corrected chi connectivity index (χ2v) is 7.46. The van der Waals surface area contributed by atoms with Crippen LogP contribution >= 0.6 is 0 Å². The van der Waals surface area contributed by atoms with E-state index in [2.05, 4.69) is 0 Å². The van der Waals surface area contributed by atoms with Crippen LogP contribution in [-0.2, 0) is 4.79 Å². The molecular weight excluding hydrogens is 410 g/mol. The number of aliphatic carboxylic acids is 1. The van der Waals surface area contributed by atoms with Gasteiger partial charge in [0.05, 0.1) is 20.3 Å². The highest BCUT2D eigenvalue weighted by atomic mass is 16.5. The number of nitrogens with zero attached hydrogens (tertiary/aromatic N) is 1. The van der Waals surface area contributed by atoms with E-state index in [4.69, 9.17) is 14.2 Å². The summed E-state index contributed by atoms with van der Waals surface area (Å²) < 4.78 is 16.6. The van der Waals surface area contributed by atoms with Crippen molar-refractivity contribution in [2.45, 2.75) is 12.0 Å². The molecule has 1 heterocycles. The molecule has 1 N–H and O–H groups in total. The molecule has 0 saturated heterocycles. The van der Waals surface area contributed by atoms with Gasteiger partial charge in [-0.3, -0.25) is 9.59 Å². The van der Waals surface area contributed by atoms with Crippen LogP contribution in [0.1, 0.15) is 33.4 Å². The highest BCUT2D eigenvalue weighted by Crippen LogP contribution is 2.46. The summed E-state index contributed by atoms with van der Waals surface area (Å²) in [5, 5.41) is 10.2. The smallest absolute Gasteiger partial charge is 0.313 e. The van der Waals surface area contributed by atoms with E-state index in [1.807, 2.05) is 30.3 Å². The summed E-state index contributed by atoms with van der Waals surface area (Å²) in [7, 11) is 4.54. The quantitative estimate of drug-likeness (QED) is 0.617. The Kier molecular flexibility index (Phi) is 5.73. The van der Waals surface area contributed by atoms with Gasteiger partial charge in [-0.1, -0.05) is 30.3 Å². The van der Waals surface area contributed by atoms with Crippen LogP contribution in [0.3, 0.4) is 0 Å². The van der Waals surface area contributed by atoms with Gasteiger partial charge in [0.1, 0.15) is 17.4 Å². The van der Waals surface area contributed by atoms with Gasteiger partial charge in [0.15, 0.2) is 11.5 Å². The lowest BCUT2D eigenvalue weighted by molar-refractivity contribution is -0.140. The summed E-state index contributed by atoms with van der Waals surface area (Å²) in [6, 6.07) is 18.8. The van der Waals surface area contributed by atoms with E-state index in [0.29, 0.717) is 34.1 Å². The number of amides is 1. The van der Waals surface area contributed by atoms with Crippen molar-refractivity contribution in [2.75, 3.05) is 21.3 Å². The van der Waals surface area contributed by atoms with E-state index in [-0.39, 0.29) is 11.5 Å². The number of rotatable bonds is 6. The van der Waals surface area contributed by atoms with Crippen molar-refractivity contribution in [3.05, 3.63) is 83.4 Å². The second kappa shape index (κ2) is 8.63. The monoisotopic (exact) mass is 433 g/mol. The molecule has 0 radical (unpaired) electrons. The normalized spacial score (nSPS) is 17.5. The van der Waals surface area contributed by atoms with Gasteiger partial charge in [0.25, 0.3) is 5.91 Å². The molecule has 7 nitrogen and oxygen atoms in total. The maximum atomic E-state index is 13.2. The fourth-order valence-electron chi connectivity index (χ4n) is 4.12. The molecule has 7 heteroatoms. The lowest BCUT2D eigenvalue weighted by Gasteiger charge is -2.39. The summed E-state index contributed by atoms with van der Waals surface area (Å²) in [5.41, 5.74) is 1.32. The minimum atomic E-state index is -1.04. The van der Waals surface area contributed by atoms with Crippen LogP contribution < -0.4 is 14.2 Å². The van der Waals surface area contributed by atoms with Crippen molar-refractivity contribution >= 4 is 11.9 Å². The van der Waals surface area contributed by atoms with Gasteiger partial charge in [0.2, 0.25) is 0 Å². The molecular formula is C25H23NO6. The van der Waals surface area contributed by atoms with Gasteiger partial charge in [-0.2, -0.15) is 0 Å². The number of benzene rings is 3. The molecule has 0 aromatic heterocycles. The first-order valence-electron chi connectivity index (χ1n) is 10.0. The number of para-hydroxylation sites is 1. The zero-order valence-electron chi connectivity index (χ0n) is 17.9. The number of likely N-dealkylation sites (N-methyl/N-ethyl adjacent to an activating group) is 1. The third-order valence-electron chi connectivity index (χ3n) is 5.62. The minimum Gasteiger partial charge on any atom is -0.493 e. The average Bonchev–Trinajstić information content (AvgIpc) is 2.81. The fraction of sp³-hybridized carbons (Fsp3) is 0.200. The number of carboxylic acids is 1. The molecule has 0 bridgehead atoms. The first kappa shape index (κ1) is 21.2. The Balaban J connectivity index is 1.80. The predicted octanol–water partition coefficient (Wildman–Crippen LogP) is 4.49. The van der Waals surface area contributed by atoms with Crippen molar-refractivity contribution in [1.82, 2.24) is 4.90 Å². The molecule has 1 aliphatic rings. The Hall–Kier alpha value is -4.00. The molecule has 3 aromatic carbocycles. The minimum absolute atomic E-state index is 0.283. The van der Waals surface area contributed by atoms with Crippen LogP contribution in [0.4, 0.5) is 0 Å². The van der Waals surface area contributed by atoms with Gasteiger partial charge in [-0.25, -0.2) is 0 Å². The second-order valence-electron chi connectivity index (χ2n) is 7.46. The van der Waals surface area contributed by atoms with Gasteiger partial charge in [-0.15, -0.1) is 0 Å². The van der Waals surface area contributed by atoms with E-state index in [1.165, 1.54) is 25.2 Å². The van der Waals surface area contributed by atoms with Gasteiger partial charge >= 0.3 is 5.97 Å². The van der Waals surface area contributed by atoms with E-state index >= 15 is 0 Å². The van der Waals surface area contributed by atoms with Crippen LogP contribution in [0.5, 0.6) is 23.0 Å². The van der Waals surface area contributed by atoms with Gasteiger partial charge in [-0.05, 0) is 47.5 Å². The maximum absolute atomic E-state index is 13.2. The maximum Gasteiger partial charge on any atom is 0.313 e. The summed E-state index contributed by atoms with van der Waals surface area (Å²) >= 11 is 0. The number of carboxylic acid groups (broad SMARTS) is 1. The zero-order chi connectivity index (χ0) is 22.8. The highest BCUT2D eigenvalue weighted by molar-refractivity contribution is 6.01. The van der Waals surface area contributed by atoms with Crippen LogP contribution in [0, 0.1) is 0 Å². The number of methoxy groups -OCH3 is 2. The topological polar surface area (TPSA) is 85.3 Å². The Labute approximate surface area is 185 Å². The molecule has 1 amide bonds. The van der Waals surface area contributed by atoms with Crippen LogP contribution in [0.15, 0.2) is 66.7 Å². The van der Waals surface area contributed by atoms with Crippen molar-refractivity contribution in [2.24, 2.45) is 0 Å². The molecule has 32 heavy (non-hydrogen) atoms. The van der Waals surface area contributed by atoms with Crippen LogP contribution in [0.2, 0.25) is 0 Å². The Morgan fingerprint density at radius 3 is 2.22 bits per heavy atom. The molecule has 0 unspecified atom stereocenters. The Bertz CT molecular complexity index is 1160. The van der Waals surface area contributed by atoms with Crippen molar-refractivity contribution < 1.29 is 28.9 Å². The predicted molar refractivity (Wildman–Crippen MR) is 118 cm³/mol. The summed E-state index contributed by atoms with van der Waals surface area (Å²) in [6.07, 6.45) is 0. The third kappa shape index (κ3) is 3.73. The Morgan fingerprint density at radius 1 is 0.906 bits per heavy atom. The standard InChI is InChI=1S/C25H23NO6/c1-26-23(15-8-7-11-17(12-15)32-16-9-5-4-6-10-16)22(25(28)29)18-13-20(30-2)21(31-3)14-19(18)24(26)27/h4-14,22-23H,1-3H3,(H,28,29)/t22-,23+/m0/s1.